The van der Waals surface area contributed by atoms with E-state index in [2.05, 4.69) is 37.4 Å². The maximum Gasteiger partial charge on any atom is 0.0640 e. The highest BCUT2D eigenvalue weighted by molar-refractivity contribution is 5.02. The molecule has 19 heavy (non-hydrogen) atoms. The number of aromatic nitrogens is 2. The zero-order valence-electron chi connectivity index (χ0n) is 12.4. The molecule has 2 atom stereocenters. The van der Waals surface area contributed by atoms with Gasteiger partial charge in [-0.05, 0) is 32.3 Å². The Morgan fingerprint density at radius 2 is 2.21 bits per heavy atom. The molecule has 1 heterocycles. The van der Waals surface area contributed by atoms with Crippen molar-refractivity contribution in [3.63, 3.8) is 0 Å². The van der Waals surface area contributed by atoms with Crippen LogP contribution in [0.2, 0.25) is 0 Å². The molecule has 2 unspecified atom stereocenters. The first kappa shape index (κ1) is 16.1. The maximum atomic E-state index is 5.59. The van der Waals surface area contributed by atoms with E-state index >= 15 is 0 Å². The lowest BCUT2D eigenvalue weighted by Crippen LogP contribution is -2.37. The van der Waals surface area contributed by atoms with E-state index in [9.17, 15) is 0 Å². The van der Waals surface area contributed by atoms with Crippen LogP contribution in [-0.4, -0.2) is 29.0 Å². The summed E-state index contributed by atoms with van der Waals surface area (Å²) in [6, 6.07) is 2.74. The number of rotatable bonds is 10. The molecule has 0 radical (unpaired) electrons. The summed E-state index contributed by atoms with van der Waals surface area (Å²) in [5, 5.41) is 4.59. The van der Waals surface area contributed by atoms with Crippen molar-refractivity contribution in [2.75, 3.05) is 13.2 Å². The second-order valence-electron chi connectivity index (χ2n) is 5.01. The molecule has 1 aromatic rings. The first-order valence-corrected chi connectivity index (χ1v) is 7.29. The summed E-state index contributed by atoms with van der Waals surface area (Å²) in [6.45, 7) is 8.02. The van der Waals surface area contributed by atoms with Crippen LogP contribution in [0.15, 0.2) is 12.3 Å². The van der Waals surface area contributed by atoms with Crippen molar-refractivity contribution in [2.45, 2.75) is 58.5 Å². The number of nitrogens with one attached hydrogen (secondary N) is 1. The average molecular weight is 268 g/mol. The molecule has 0 bridgehead atoms. The zero-order valence-corrected chi connectivity index (χ0v) is 12.4. The molecule has 5 heteroatoms. The Hall–Kier alpha value is -0.910. The molecule has 0 saturated heterocycles. The molecule has 0 aliphatic heterocycles. The summed E-state index contributed by atoms with van der Waals surface area (Å²) in [5.74, 6) is 5.59. The number of nitrogens with zero attached hydrogens (tertiary/aromatic N) is 2. The Morgan fingerprint density at radius 3 is 2.84 bits per heavy atom. The van der Waals surface area contributed by atoms with Gasteiger partial charge in [-0.1, -0.05) is 13.8 Å². The Bertz CT molecular complexity index is 340. The van der Waals surface area contributed by atoms with Crippen molar-refractivity contribution in [2.24, 2.45) is 5.84 Å². The maximum absolute atomic E-state index is 5.59. The molecule has 0 spiro atoms. The molecule has 110 valence electrons. The van der Waals surface area contributed by atoms with E-state index in [4.69, 9.17) is 10.6 Å². The van der Waals surface area contributed by atoms with Gasteiger partial charge in [-0.2, -0.15) is 5.10 Å². The van der Waals surface area contributed by atoms with E-state index in [0.717, 1.165) is 44.6 Å². The SMILES string of the molecule is CCCOCCC(Cc1ccn(C(C)CC)n1)NN. The lowest BCUT2D eigenvalue weighted by atomic mass is 10.1. The number of hydrogen-bond acceptors (Lipinski definition) is 4. The number of ether oxygens (including phenoxy) is 1. The fourth-order valence-corrected chi connectivity index (χ4v) is 1.89. The van der Waals surface area contributed by atoms with Crippen molar-refractivity contribution in [3.8, 4) is 0 Å². The molecule has 0 aliphatic carbocycles. The van der Waals surface area contributed by atoms with Crippen molar-refractivity contribution in [3.05, 3.63) is 18.0 Å². The van der Waals surface area contributed by atoms with E-state index in [-0.39, 0.29) is 6.04 Å². The number of nitrogens with two attached hydrogens (primary N) is 1. The van der Waals surface area contributed by atoms with Gasteiger partial charge < -0.3 is 4.74 Å². The van der Waals surface area contributed by atoms with E-state index in [1.807, 2.05) is 10.9 Å². The first-order valence-electron chi connectivity index (χ1n) is 7.29. The highest BCUT2D eigenvalue weighted by Crippen LogP contribution is 2.11. The van der Waals surface area contributed by atoms with Gasteiger partial charge in [-0.3, -0.25) is 16.0 Å². The van der Waals surface area contributed by atoms with Crippen LogP contribution >= 0.6 is 0 Å². The molecule has 0 aromatic carbocycles. The Balaban J connectivity index is 2.40. The highest BCUT2D eigenvalue weighted by Gasteiger charge is 2.11. The zero-order chi connectivity index (χ0) is 14.1. The van der Waals surface area contributed by atoms with Crippen LogP contribution in [0.1, 0.15) is 51.8 Å². The summed E-state index contributed by atoms with van der Waals surface area (Å²) in [4.78, 5) is 0. The van der Waals surface area contributed by atoms with Crippen molar-refractivity contribution < 1.29 is 4.74 Å². The van der Waals surface area contributed by atoms with Crippen LogP contribution in [0.5, 0.6) is 0 Å². The van der Waals surface area contributed by atoms with E-state index in [1.165, 1.54) is 0 Å². The molecule has 0 aliphatic rings. The molecule has 0 amide bonds. The summed E-state index contributed by atoms with van der Waals surface area (Å²) in [7, 11) is 0. The molecular formula is C14H28N4O. The van der Waals surface area contributed by atoms with Gasteiger partial charge in [0.2, 0.25) is 0 Å². The van der Waals surface area contributed by atoms with Gasteiger partial charge in [0.1, 0.15) is 0 Å². The molecule has 1 rings (SSSR count). The molecule has 0 fully saturated rings. The standard InChI is InChI=1S/C14H28N4O/c1-4-9-19-10-7-13(16-15)11-14-6-8-18(17-14)12(3)5-2/h6,8,12-13,16H,4-5,7,9-11,15H2,1-3H3. The third kappa shape index (κ3) is 5.72. The number of hydrogen-bond donors (Lipinski definition) is 2. The van der Waals surface area contributed by atoms with Crippen LogP contribution in [-0.2, 0) is 11.2 Å². The second kappa shape index (κ2) is 9.07. The smallest absolute Gasteiger partial charge is 0.0640 e. The molecular weight excluding hydrogens is 240 g/mol. The normalized spacial score (nSPS) is 14.5. The Kier molecular flexibility index (Phi) is 7.70. The lowest BCUT2D eigenvalue weighted by molar-refractivity contribution is 0.124. The highest BCUT2D eigenvalue weighted by atomic mass is 16.5. The molecule has 5 nitrogen and oxygen atoms in total. The van der Waals surface area contributed by atoms with Crippen molar-refractivity contribution in [1.29, 1.82) is 0 Å². The van der Waals surface area contributed by atoms with Gasteiger partial charge in [-0.15, -0.1) is 0 Å². The van der Waals surface area contributed by atoms with Gasteiger partial charge in [0.15, 0.2) is 0 Å². The quantitative estimate of drug-likeness (QED) is 0.387. The third-order valence-corrected chi connectivity index (χ3v) is 3.36. The lowest BCUT2D eigenvalue weighted by Gasteiger charge is -2.14. The Morgan fingerprint density at radius 1 is 1.42 bits per heavy atom. The van der Waals surface area contributed by atoms with E-state index in [0.29, 0.717) is 6.04 Å². The second-order valence-corrected chi connectivity index (χ2v) is 5.01. The fourth-order valence-electron chi connectivity index (χ4n) is 1.89. The third-order valence-electron chi connectivity index (χ3n) is 3.36. The summed E-state index contributed by atoms with van der Waals surface area (Å²) < 4.78 is 7.52. The van der Waals surface area contributed by atoms with Crippen LogP contribution in [0.3, 0.4) is 0 Å². The minimum atomic E-state index is 0.220. The van der Waals surface area contributed by atoms with Gasteiger partial charge in [0.25, 0.3) is 0 Å². The van der Waals surface area contributed by atoms with Crippen LogP contribution in [0, 0.1) is 0 Å². The topological polar surface area (TPSA) is 65.1 Å². The minimum absolute atomic E-state index is 0.220. The van der Waals surface area contributed by atoms with Crippen LogP contribution < -0.4 is 11.3 Å². The summed E-state index contributed by atoms with van der Waals surface area (Å²) in [6.07, 6.45) is 5.94. The van der Waals surface area contributed by atoms with Crippen molar-refractivity contribution >= 4 is 0 Å². The number of hydrazine groups is 1. The predicted molar refractivity (Wildman–Crippen MR) is 77.8 cm³/mol. The predicted octanol–water partition coefficient (Wildman–Crippen LogP) is 2.05. The van der Waals surface area contributed by atoms with E-state index < -0.39 is 0 Å². The first-order chi connectivity index (χ1) is 9.21. The van der Waals surface area contributed by atoms with Crippen molar-refractivity contribution in [1.82, 2.24) is 15.2 Å². The van der Waals surface area contributed by atoms with Gasteiger partial charge in [0.05, 0.1) is 5.69 Å². The summed E-state index contributed by atoms with van der Waals surface area (Å²) >= 11 is 0. The Labute approximate surface area is 116 Å². The van der Waals surface area contributed by atoms with Crippen LogP contribution in [0.25, 0.3) is 0 Å². The molecule has 3 N–H and O–H groups in total. The van der Waals surface area contributed by atoms with Gasteiger partial charge in [-0.25, -0.2) is 0 Å². The van der Waals surface area contributed by atoms with E-state index in [1.54, 1.807) is 0 Å². The largest absolute Gasteiger partial charge is 0.381 e. The fraction of sp³-hybridized carbons (Fsp3) is 0.786. The minimum Gasteiger partial charge on any atom is -0.381 e. The average Bonchev–Trinajstić information content (AvgIpc) is 2.89. The van der Waals surface area contributed by atoms with Crippen LogP contribution in [0.4, 0.5) is 0 Å². The van der Waals surface area contributed by atoms with Gasteiger partial charge >= 0.3 is 0 Å². The molecule has 1 aromatic heterocycles. The summed E-state index contributed by atoms with van der Waals surface area (Å²) in [5.41, 5.74) is 3.93. The van der Waals surface area contributed by atoms with Gasteiger partial charge in [0, 0.05) is 37.9 Å². The monoisotopic (exact) mass is 268 g/mol. The molecule has 0 saturated carbocycles.